The average Bonchev–Trinajstić information content (AvgIpc) is 2.35. The SMILES string of the molecule is CC(NC1CCCNC1=O)c1ccc(F)c(Cl)c1. The molecular weight excluding hydrogens is 255 g/mol. The first-order valence-electron chi connectivity index (χ1n) is 6.06. The van der Waals surface area contributed by atoms with Gasteiger partial charge in [-0.1, -0.05) is 17.7 Å². The summed E-state index contributed by atoms with van der Waals surface area (Å²) in [6, 6.07) is 4.39. The van der Waals surface area contributed by atoms with Crippen molar-refractivity contribution in [2.45, 2.75) is 31.8 Å². The van der Waals surface area contributed by atoms with Gasteiger partial charge in [0.25, 0.3) is 0 Å². The Balaban J connectivity index is 2.04. The Morgan fingerprint density at radius 1 is 1.56 bits per heavy atom. The van der Waals surface area contributed by atoms with E-state index in [9.17, 15) is 9.18 Å². The Morgan fingerprint density at radius 3 is 3.00 bits per heavy atom. The van der Waals surface area contributed by atoms with E-state index in [1.807, 2.05) is 6.92 Å². The third kappa shape index (κ3) is 3.00. The zero-order valence-electron chi connectivity index (χ0n) is 10.2. The van der Waals surface area contributed by atoms with Gasteiger partial charge >= 0.3 is 0 Å². The fourth-order valence-electron chi connectivity index (χ4n) is 2.11. The van der Waals surface area contributed by atoms with E-state index in [1.165, 1.54) is 6.07 Å². The molecule has 0 bridgehead atoms. The van der Waals surface area contributed by atoms with E-state index >= 15 is 0 Å². The zero-order chi connectivity index (χ0) is 13.1. The first-order valence-corrected chi connectivity index (χ1v) is 6.44. The fraction of sp³-hybridized carbons (Fsp3) is 0.462. The maximum Gasteiger partial charge on any atom is 0.237 e. The number of hydrogen-bond acceptors (Lipinski definition) is 2. The van der Waals surface area contributed by atoms with Crippen molar-refractivity contribution in [2.24, 2.45) is 0 Å². The van der Waals surface area contributed by atoms with Gasteiger partial charge in [-0.05, 0) is 37.5 Å². The second-order valence-electron chi connectivity index (χ2n) is 4.55. The molecule has 1 amide bonds. The molecule has 0 spiro atoms. The first-order chi connectivity index (χ1) is 8.58. The number of halogens is 2. The van der Waals surface area contributed by atoms with Gasteiger partial charge in [-0.3, -0.25) is 10.1 Å². The van der Waals surface area contributed by atoms with Gasteiger partial charge in [-0.25, -0.2) is 4.39 Å². The molecule has 1 aliphatic heterocycles. The Kier molecular flexibility index (Phi) is 4.19. The predicted octanol–water partition coefficient (Wildman–Crippen LogP) is 2.41. The molecule has 2 rings (SSSR count). The maximum absolute atomic E-state index is 13.1. The summed E-state index contributed by atoms with van der Waals surface area (Å²) in [7, 11) is 0. The molecule has 98 valence electrons. The smallest absolute Gasteiger partial charge is 0.237 e. The highest BCUT2D eigenvalue weighted by Gasteiger charge is 2.23. The van der Waals surface area contributed by atoms with Crippen molar-refractivity contribution in [1.29, 1.82) is 0 Å². The van der Waals surface area contributed by atoms with Gasteiger partial charge < -0.3 is 5.32 Å². The summed E-state index contributed by atoms with van der Waals surface area (Å²) in [4.78, 5) is 11.6. The Labute approximate surface area is 111 Å². The zero-order valence-corrected chi connectivity index (χ0v) is 10.9. The van der Waals surface area contributed by atoms with Crippen LogP contribution in [0.4, 0.5) is 4.39 Å². The lowest BCUT2D eigenvalue weighted by Gasteiger charge is -2.26. The lowest BCUT2D eigenvalue weighted by Crippen LogP contribution is -2.48. The van der Waals surface area contributed by atoms with Crippen LogP contribution >= 0.6 is 11.6 Å². The summed E-state index contributed by atoms with van der Waals surface area (Å²) in [5.74, 6) is -0.399. The van der Waals surface area contributed by atoms with E-state index in [-0.39, 0.29) is 23.0 Å². The number of amides is 1. The van der Waals surface area contributed by atoms with Crippen LogP contribution in [-0.2, 0) is 4.79 Å². The van der Waals surface area contributed by atoms with E-state index in [2.05, 4.69) is 10.6 Å². The van der Waals surface area contributed by atoms with Gasteiger partial charge in [0.2, 0.25) is 5.91 Å². The van der Waals surface area contributed by atoms with Gasteiger partial charge in [-0.15, -0.1) is 0 Å². The topological polar surface area (TPSA) is 41.1 Å². The molecule has 1 fully saturated rings. The number of nitrogens with one attached hydrogen (secondary N) is 2. The van der Waals surface area contributed by atoms with E-state index < -0.39 is 5.82 Å². The van der Waals surface area contributed by atoms with Crippen molar-refractivity contribution >= 4 is 17.5 Å². The van der Waals surface area contributed by atoms with Crippen molar-refractivity contribution < 1.29 is 9.18 Å². The quantitative estimate of drug-likeness (QED) is 0.886. The molecule has 0 radical (unpaired) electrons. The molecular formula is C13H16ClFN2O. The standard InChI is InChI=1S/C13H16ClFN2O/c1-8(9-4-5-11(15)10(14)7-9)17-12-3-2-6-16-13(12)18/h4-5,7-8,12,17H,2-3,6H2,1H3,(H,16,18). The molecule has 5 heteroatoms. The van der Waals surface area contributed by atoms with Gasteiger partial charge in [-0.2, -0.15) is 0 Å². The van der Waals surface area contributed by atoms with Gasteiger partial charge in [0, 0.05) is 12.6 Å². The highest BCUT2D eigenvalue weighted by molar-refractivity contribution is 6.30. The van der Waals surface area contributed by atoms with E-state index in [0.717, 1.165) is 24.9 Å². The van der Waals surface area contributed by atoms with Crippen LogP contribution in [0.1, 0.15) is 31.4 Å². The lowest BCUT2D eigenvalue weighted by atomic mass is 10.0. The maximum atomic E-state index is 13.1. The number of benzene rings is 1. The molecule has 0 aromatic heterocycles. The average molecular weight is 271 g/mol. The first kappa shape index (κ1) is 13.3. The summed E-state index contributed by atoms with van der Waals surface area (Å²) >= 11 is 5.75. The van der Waals surface area contributed by atoms with Crippen LogP contribution in [0.15, 0.2) is 18.2 Å². The second kappa shape index (κ2) is 5.67. The molecule has 1 aliphatic rings. The normalized spacial score (nSPS) is 21.5. The van der Waals surface area contributed by atoms with Crippen molar-refractivity contribution in [3.05, 3.63) is 34.6 Å². The Morgan fingerprint density at radius 2 is 2.33 bits per heavy atom. The molecule has 18 heavy (non-hydrogen) atoms. The summed E-state index contributed by atoms with van der Waals surface area (Å²) in [5.41, 5.74) is 0.875. The summed E-state index contributed by atoms with van der Waals surface area (Å²) in [6.07, 6.45) is 1.80. The third-order valence-corrected chi connectivity index (χ3v) is 3.47. The third-order valence-electron chi connectivity index (χ3n) is 3.18. The van der Waals surface area contributed by atoms with Crippen LogP contribution in [0.25, 0.3) is 0 Å². The van der Waals surface area contributed by atoms with Crippen molar-refractivity contribution in [3.8, 4) is 0 Å². The van der Waals surface area contributed by atoms with Crippen LogP contribution in [-0.4, -0.2) is 18.5 Å². The van der Waals surface area contributed by atoms with Crippen molar-refractivity contribution in [3.63, 3.8) is 0 Å². The Bertz CT molecular complexity index is 453. The number of carbonyl (C=O) groups is 1. The highest BCUT2D eigenvalue weighted by Crippen LogP contribution is 2.21. The summed E-state index contributed by atoms with van der Waals surface area (Å²) < 4.78 is 13.1. The van der Waals surface area contributed by atoms with E-state index in [0.29, 0.717) is 0 Å². The Hall–Kier alpha value is -1.13. The van der Waals surface area contributed by atoms with Crippen molar-refractivity contribution in [1.82, 2.24) is 10.6 Å². The monoisotopic (exact) mass is 270 g/mol. The molecule has 3 nitrogen and oxygen atoms in total. The van der Waals surface area contributed by atoms with Crippen LogP contribution < -0.4 is 10.6 Å². The molecule has 2 atom stereocenters. The van der Waals surface area contributed by atoms with Gasteiger partial charge in [0.05, 0.1) is 11.1 Å². The lowest BCUT2D eigenvalue weighted by molar-refractivity contribution is -0.124. The minimum atomic E-state index is -0.428. The van der Waals surface area contributed by atoms with Crippen LogP contribution in [0.3, 0.4) is 0 Å². The summed E-state index contributed by atoms with van der Waals surface area (Å²) in [5, 5.41) is 6.17. The number of piperidine rings is 1. The molecule has 0 saturated carbocycles. The molecule has 1 aromatic rings. The largest absolute Gasteiger partial charge is 0.355 e. The second-order valence-corrected chi connectivity index (χ2v) is 4.95. The number of rotatable bonds is 3. The summed E-state index contributed by atoms with van der Waals surface area (Å²) in [6.45, 7) is 2.68. The van der Waals surface area contributed by atoms with Gasteiger partial charge in [0.15, 0.2) is 0 Å². The van der Waals surface area contributed by atoms with E-state index in [1.54, 1.807) is 12.1 Å². The van der Waals surface area contributed by atoms with Crippen LogP contribution in [0.2, 0.25) is 5.02 Å². The minimum absolute atomic E-state index is 0.0290. The highest BCUT2D eigenvalue weighted by atomic mass is 35.5. The molecule has 1 saturated heterocycles. The van der Waals surface area contributed by atoms with Crippen molar-refractivity contribution in [2.75, 3.05) is 6.54 Å². The molecule has 0 aliphatic carbocycles. The molecule has 2 N–H and O–H groups in total. The predicted molar refractivity (Wildman–Crippen MR) is 69.0 cm³/mol. The number of carbonyl (C=O) groups excluding carboxylic acids is 1. The minimum Gasteiger partial charge on any atom is -0.355 e. The fourth-order valence-corrected chi connectivity index (χ4v) is 2.30. The molecule has 1 aromatic carbocycles. The van der Waals surface area contributed by atoms with Crippen LogP contribution in [0, 0.1) is 5.82 Å². The molecule has 1 heterocycles. The van der Waals surface area contributed by atoms with Gasteiger partial charge in [0.1, 0.15) is 5.82 Å². The van der Waals surface area contributed by atoms with Crippen LogP contribution in [0.5, 0.6) is 0 Å². The number of hydrogen-bond donors (Lipinski definition) is 2. The van der Waals surface area contributed by atoms with E-state index in [4.69, 9.17) is 11.6 Å². The molecule has 2 unspecified atom stereocenters.